The van der Waals surface area contributed by atoms with Crippen molar-refractivity contribution < 1.29 is 69.8 Å². The standard InChI is InChI=1S/2C10H8N2.2C2H3N.2F6P.Ru/c2*1-3-7-11-9(5-1)10-6-2-4-8-12-10;2*1-2-3;2*1-7(2,3,4,5)6;/h2*1-8H;2*1H3;;;/q;;;;2*-1;+2. The molecule has 6 nitrogen and oxygen atoms in total. The topological polar surface area (TPSA) is 99.1 Å². The van der Waals surface area contributed by atoms with E-state index in [1.54, 1.807) is 36.9 Å². The Morgan fingerprint density at radius 2 is 0.556 bits per heavy atom. The van der Waals surface area contributed by atoms with E-state index in [1.807, 2.05) is 72.8 Å². The number of pyridine rings is 4. The van der Waals surface area contributed by atoms with Crippen molar-refractivity contribution in [2.45, 2.75) is 13.8 Å². The Kier molecular flexibility index (Phi) is 17.3. The van der Waals surface area contributed by atoms with E-state index in [0.29, 0.717) is 0 Å². The van der Waals surface area contributed by atoms with Crippen molar-refractivity contribution in [2.75, 3.05) is 0 Å². The molecule has 0 bridgehead atoms. The molecule has 4 aromatic heterocycles. The predicted octanol–water partition coefficient (Wildman–Crippen LogP) is 12.1. The molecule has 0 unspecified atom stereocenters. The minimum atomic E-state index is -10.7. The van der Waals surface area contributed by atoms with E-state index in [4.69, 9.17) is 10.5 Å². The minimum Gasteiger partial charge on any atom is -0.255 e. The average molecular weight is 785 g/mol. The fourth-order valence-electron chi connectivity index (χ4n) is 2.06. The molecule has 0 N–H and O–H groups in total. The van der Waals surface area contributed by atoms with Gasteiger partial charge in [0.05, 0.1) is 34.9 Å². The van der Waals surface area contributed by atoms with Crippen molar-refractivity contribution in [2.24, 2.45) is 0 Å². The fraction of sp³-hybridized carbons (Fsp3) is 0.0833. The van der Waals surface area contributed by atoms with Gasteiger partial charge < -0.3 is 0 Å². The van der Waals surface area contributed by atoms with Crippen molar-refractivity contribution in [3.05, 3.63) is 97.6 Å². The Bertz CT molecular complexity index is 1240. The first-order valence-electron chi connectivity index (χ1n) is 11.1. The molecule has 4 rings (SSSR count). The monoisotopic (exact) mass is 786 g/mol. The van der Waals surface area contributed by atoms with E-state index in [1.165, 1.54) is 13.8 Å². The summed E-state index contributed by atoms with van der Waals surface area (Å²) in [6, 6.07) is 26.7. The van der Waals surface area contributed by atoms with Gasteiger partial charge in [0, 0.05) is 38.6 Å². The molecule has 0 amide bonds. The zero-order chi connectivity index (χ0) is 34.7. The maximum absolute atomic E-state index is 10.7. The number of halogens is 12. The van der Waals surface area contributed by atoms with Gasteiger partial charge >= 0.3 is 85.5 Å². The number of rotatable bonds is 2. The Balaban J connectivity index is -0.000000504. The molecule has 0 aromatic carbocycles. The molecule has 0 aliphatic carbocycles. The molecule has 0 atom stereocenters. The normalized spacial score (nSPS) is 12.7. The first-order chi connectivity index (χ1) is 19.7. The van der Waals surface area contributed by atoms with Crippen LogP contribution in [0.1, 0.15) is 13.8 Å². The first kappa shape index (κ1) is 45.7. The van der Waals surface area contributed by atoms with Crippen LogP contribution in [0.15, 0.2) is 97.6 Å². The number of hydrogen-bond acceptors (Lipinski definition) is 6. The maximum atomic E-state index is 9.87. The zero-order valence-electron chi connectivity index (χ0n) is 22.7. The molecule has 4 aromatic rings. The smallest absolute Gasteiger partial charge is 0.255 e. The summed E-state index contributed by atoms with van der Waals surface area (Å²) in [5.41, 5.74) is 3.66. The maximum Gasteiger partial charge on any atom is 2.00 e. The van der Waals surface area contributed by atoms with Gasteiger partial charge in [0.25, 0.3) is 0 Å². The van der Waals surface area contributed by atoms with Crippen LogP contribution in [0, 0.1) is 22.7 Å². The molecule has 45 heavy (non-hydrogen) atoms. The summed E-state index contributed by atoms with van der Waals surface area (Å²) in [6.07, 6.45) is 7.07. The Morgan fingerprint density at radius 1 is 0.422 bits per heavy atom. The van der Waals surface area contributed by atoms with E-state index in [-0.39, 0.29) is 19.5 Å². The van der Waals surface area contributed by atoms with E-state index in [0.717, 1.165) is 22.8 Å². The summed E-state index contributed by atoms with van der Waals surface area (Å²) < 4.78 is 118. The summed E-state index contributed by atoms with van der Waals surface area (Å²) in [4.78, 5) is 16.7. The summed E-state index contributed by atoms with van der Waals surface area (Å²) in [5, 5.41) is 14.6. The average Bonchev–Trinajstić information content (AvgIpc) is 2.89. The van der Waals surface area contributed by atoms with Crippen LogP contribution >= 0.6 is 15.6 Å². The van der Waals surface area contributed by atoms with Gasteiger partial charge in [0.15, 0.2) is 0 Å². The van der Waals surface area contributed by atoms with Crippen molar-refractivity contribution in [3.8, 4) is 34.9 Å². The van der Waals surface area contributed by atoms with Crippen molar-refractivity contribution in [1.29, 1.82) is 10.5 Å². The first-order valence-corrected chi connectivity index (χ1v) is 15.1. The van der Waals surface area contributed by atoms with Crippen LogP contribution in [0.5, 0.6) is 0 Å². The van der Waals surface area contributed by atoms with Crippen molar-refractivity contribution in [3.63, 3.8) is 0 Å². The molecule has 0 radical (unpaired) electrons. The van der Waals surface area contributed by atoms with Crippen LogP contribution in [0.2, 0.25) is 0 Å². The Labute approximate surface area is 262 Å². The third kappa shape index (κ3) is 44.8. The van der Waals surface area contributed by atoms with Gasteiger partial charge in [-0.15, -0.1) is 0 Å². The van der Waals surface area contributed by atoms with Crippen LogP contribution < -0.4 is 0 Å². The van der Waals surface area contributed by atoms with Crippen LogP contribution in [-0.2, 0) is 19.5 Å². The third-order valence-corrected chi connectivity index (χ3v) is 3.18. The molecule has 0 aliphatic rings. The van der Waals surface area contributed by atoms with Crippen LogP contribution in [0.25, 0.3) is 22.8 Å². The molecule has 0 fully saturated rings. The SMILES string of the molecule is CC#N.CC#N.F[P-](F)(F)(F)(F)F.F[P-](F)(F)(F)(F)F.[Ru+2].c1ccc(-c2ccccn2)nc1.c1ccc(-c2ccccn2)nc1. The quantitative estimate of drug-likeness (QED) is 0.114. The Morgan fingerprint density at radius 3 is 0.644 bits per heavy atom. The second-order valence-electron chi connectivity index (χ2n) is 7.22. The number of hydrogen-bond donors (Lipinski definition) is 0. The number of nitrogens with zero attached hydrogens (tertiary/aromatic N) is 6. The molecule has 0 saturated heterocycles. The molecule has 4 heterocycles. The van der Waals surface area contributed by atoms with Gasteiger partial charge in [-0.1, -0.05) is 24.3 Å². The number of aromatic nitrogens is 4. The third-order valence-electron chi connectivity index (χ3n) is 3.18. The molecule has 0 saturated carbocycles. The Hall–Kier alpha value is -3.78. The summed E-state index contributed by atoms with van der Waals surface area (Å²) >= 11 is 0. The number of nitriles is 2. The van der Waals surface area contributed by atoms with E-state index in [2.05, 4.69) is 19.9 Å². The largest absolute Gasteiger partial charge is 2.00 e. The second-order valence-corrected chi connectivity index (χ2v) is 11.1. The van der Waals surface area contributed by atoms with Gasteiger partial charge in [0.2, 0.25) is 0 Å². The predicted molar refractivity (Wildman–Crippen MR) is 145 cm³/mol. The summed E-state index contributed by atoms with van der Waals surface area (Å²) in [7, 11) is -21.3. The van der Waals surface area contributed by atoms with Crippen molar-refractivity contribution in [1.82, 2.24) is 19.9 Å². The second kappa shape index (κ2) is 17.1. The van der Waals surface area contributed by atoms with Gasteiger partial charge in [-0.05, 0) is 48.5 Å². The molecular weight excluding hydrogens is 763 g/mol. The van der Waals surface area contributed by atoms with E-state index >= 15 is 0 Å². The van der Waals surface area contributed by atoms with Gasteiger partial charge in [0.1, 0.15) is 0 Å². The summed E-state index contributed by atoms with van der Waals surface area (Å²) in [5.74, 6) is 0. The fourth-order valence-corrected chi connectivity index (χ4v) is 2.06. The van der Waals surface area contributed by atoms with Crippen LogP contribution in [-0.4, -0.2) is 19.9 Å². The van der Waals surface area contributed by atoms with Gasteiger partial charge in [-0.25, -0.2) is 0 Å². The van der Waals surface area contributed by atoms with Gasteiger partial charge in [-0.3, -0.25) is 19.9 Å². The zero-order valence-corrected chi connectivity index (χ0v) is 26.2. The molecule has 250 valence electrons. The minimum absolute atomic E-state index is 0. The van der Waals surface area contributed by atoms with Crippen LogP contribution in [0.3, 0.4) is 0 Å². The summed E-state index contributed by atoms with van der Waals surface area (Å²) in [6.45, 7) is 2.86. The van der Waals surface area contributed by atoms with Crippen LogP contribution in [0.4, 0.5) is 50.4 Å². The van der Waals surface area contributed by atoms with E-state index < -0.39 is 15.6 Å². The van der Waals surface area contributed by atoms with Crippen molar-refractivity contribution >= 4 is 15.6 Å². The molecule has 21 heteroatoms. The van der Waals surface area contributed by atoms with Gasteiger partial charge in [-0.2, -0.15) is 10.5 Å². The van der Waals surface area contributed by atoms with E-state index in [9.17, 15) is 50.4 Å². The molecule has 0 spiro atoms. The molecular formula is C24H22F12N6P2Ru. The molecule has 0 aliphatic heterocycles.